The lowest BCUT2D eigenvalue weighted by atomic mass is 10.0. The zero-order valence-corrected chi connectivity index (χ0v) is 13.4. The Morgan fingerprint density at radius 2 is 1.91 bits per heavy atom. The number of amides is 2. The molecule has 1 aromatic carbocycles. The zero-order chi connectivity index (χ0) is 17.0. The summed E-state index contributed by atoms with van der Waals surface area (Å²) in [6.07, 6.45) is 0.246. The van der Waals surface area contributed by atoms with E-state index in [-0.39, 0.29) is 24.2 Å². The third-order valence-electron chi connectivity index (χ3n) is 4.08. The Labute approximate surface area is 134 Å². The van der Waals surface area contributed by atoms with Crippen molar-refractivity contribution in [3.8, 4) is 0 Å². The van der Waals surface area contributed by atoms with Gasteiger partial charge in [0.05, 0.1) is 11.7 Å². The third-order valence-corrected chi connectivity index (χ3v) is 4.08. The van der Waals surface area contributed by atoms with Gasteiger partial charge in [0, 0.05) is 39.8 Å². The summed E-state index contributed by atoms with van der Waals surface area (Å²) in [5.74, 6) is -1.49. The van der Waals surface area contributed by atoms with Crippen molar-refractivity contribution in [1.29, 1.82) is 0 Å². The van der Waals surface area contributed by atoms with E-state index in [0.29, 0.717) is 13.1 Å². The molecule has 7 heteroatoms. The molecule has 5 nitrogen and oxygen atoms in total. The van der Waals surface area contributed by atoms with Crippen molar-refractivity contribution in [2.24, 2.45) is 0 Å². The van der Waals surface area contributed by atoms with Crippen molar-refractivity contribution in [2.45, 2.75) is 25.0 Å². The van der Waals surface area contributed by atoms with Gasteiger partial charge in [-0.25, -0.2) is 13.6 Å². The van der Waals surface area contributed by atoms with Crippen LogP contribution in [0.25, 0.3) is 0 Å². The number of hydrogen-bond acceptors (Lipinski definition) is 3. The maximum absolute atomic E-state index is 13.6. The lowest BCUT2D eigenvalue weighted by Crippen LogP contribution is -2.48. The molecule has 1 heterocycles. The fraction of sp³-hybridized carbons (Fsp3) is 0.562. The van der Waals surface area contributed by atoms with Crippen LogP contribution < -0.4 is 5.32 Å². The van der Waals surface area contributed by atoms with E-state index >= 15 is 0 Å². The number of nitrogens with zero attached hydrogens (tertiary/aromatic N) is 2. The summed E-state index contributed by atoms with van der Waals surface area (Å²) in [5.41, 5.74) is -0.305. The van der Waals surface area contributed by atoms with E-state index in [1.807, 2.05) is 0 Å². The first-order valence-electron chi connectivity index (χ1n) is 7.71. The summed E-state index contributed by atoms with van der Waals surface area (Å²) in [6, 6.07) is 3.63. The Morgan fingerprint density at radius 1 is 1.35 bits per heavy atom. The predicted molar refractivity (Wildman–Crippen MR) is 83.0 cm³/mol. The van der Waals surface area contributed by atoms with Gasteiger partial charge in [-0.1, -0.05) is 6.07 Å². The van der Waals surface area contributed by atoms with Gasteiger partial charge in [-0.15, -0.1) is 0 Å². The highest BCUT2D eigenvalue weighted by molar-refractivity contribution is 5.73. The SMILES string of the molecule is CN(C)C(=O)N1CCC(NCC(O)c2c(F)cccc2F)CC1. The molecule has 0 aromatic heterocycles. The molecular formula is C16H23F2N3O2. The molecule has 0 radical (unpaired) electrons. The lowest BCUT2D eigenvalue weighted by molar-refractivity contribution is 0.137. The Morgan fingerprint density at radius 3 is 2.43 bits per heavy atom. The number of carbonyl (C=O) groups excluding carboxylic acids is 1. The van der Waals surface area contributed by atoms with Gasteiger partial charge < -0.3 is 20.2 Å². The molecule has 2 amide bonds. The largest absolute Gasteiger partial charge is 0.387 e. The highest BCUT2D eigenvalue weighted by Gasteiger charge is 2.25. The number of rotatable bonds is 4. The molecule has 0 aliphatic carbocycles. The number of likely N-dealkylation sites (tertiary alicyclic amines) is 1. The number of nitrogens with one attached hydrogen (secondary N) is 1. The summed E-state index contributed by atoms with van der Waals surface area (Å²) in [5, 5.41) is 13.1. The molecule has 1 aromatic rings. The summed E-state index contributed by atoms with van der Waals surface area (Å²) in [7, 11) is 3.43. The van der Waals surface area contributed by atoms with Crippen LogP contribution in [0.3, 0.4) is 0 Å². The lowest BCUT2D eigenvalue weighted by Gasteiger charge is -2.34. The van der Waals surface area contributed by atoms with Gasteiger partial charge in [0.1, 0.15) is 11.6 Å². The molecule has 23 heavy (non-hydrogen) atoms. The first-order chi connectivity index (χ1) is 10.9. The minimum Gasteiger partial charge on any atom is -0.387 e. The Balaban J connectivity index is 1.82. The average molecular weight is 327 g/mol. The van der Waals surface area contributed by atoms with Crippen molar-refractivity contribution in [1.82, 2.24) is 15.1 Å². The summed E-state index contributed by atoms with van der Waals surface area (Å²) in [4.78, 5) is 15.1. The Bertz CT molecular complexity index is 526. The van der Waals surface area contributed by atoms with E-state index in [0.717, 1.165) is 25.0 Å². The Kier molecular flexibility index (Phi) is 5.90. The highest BCUT2D eigenvalue weighted by atomic mass is 19.1. The van der Waals surface area contributed by atoms with Crippen LogP contribution in [0.5, 0.6) is 0 Å². The van der Waals surface area contributed by atoms with E-state index in [1.165, 1.54) is 6.07 Å². The topological polar surface area (TPSA) is 55.8 Å². The van der Waals surface area contributed by atoms with Crippen molar-refractivity contribution in [2.75, 3.05) is 33.7 Å². The van der Waals surface area contributed by atoms with Gasteiger partial charge >= 0.3 is 6.03 Å². The van der Waals surface area contributed by atoms with Gasteiger partial charge in [0.2, 0.25) is 0 Å². The number of aliphatic hydroxyl groups excluding tert-OH is 1. The summed E-state index contributed by atoms with van der Waals surface area (Å²) >= 11 is 0. The van der Waals surface area contributed by atoms with Crippen LogP contribution in [-0.2, 0) is 0 Å². The van der Waals surface area contributed by atoms with Crippen LogP contribution in [0, 0.1) is 11.6 Å². The van der Waals surface area contributed by atoms with Crippen LogP contribution in [-0.4, -0.2) is 60.7 Å². The normalized spacial score (nSPS) is 17.2. The van der Waals surface area contributed by atoms with E-state index in [2.05, 4.69) is 5.32 Å². The van der Waals surface area contributed by atoms with E-state index in [4.69, 9.17) is 0 Å². The van der Waals surface area contributed by atoms with Gasteiger partial charge in [-0.2, -0.15) is 0 Å². The predicted octanol–water partition coefficient (Wildman–Crippen LogP) is 1.73. The smallest absolute Gasteiger partial charge is 0.319 e. The van der Waals surface area contributed by atoms with Crippen LogP contribution in [0.4, 0.5) is 13.6 Å². The number of halogens is 2. The number of urea groups is 1. The quantitative estimate of drug-likeness (QED) is 0.886. The monoisotopic (exact) mass is 327 g/mol. The van der Waals surface area contributed by atoms with Gasteiger partial charge in [0.15, 0.2) is 0 Å². The molecule has 2 N–H and O–H groups in total. The first kappa shape index (κ1) is 17.6. The number of piperidine rings is 1. The second kappa shape index (κ2) is 7.70. The average Bonchev–Trinajstić information content (AvgIpc) is 2.52. The molecular weight excluding hydrogens is 304 g/mol. The van der Waals surface area contributed by atoms with Crippen molar-refractivity contribution < 1.29 is 18.7 Å². The number of benzene rings is 1. The molecule has 1 fully saturated rings. The molecule has 1 atom stereocenters. The number of hydrogen-bond donors (Lipinski definition) is 2. The molecule has 1 saturated heterocycles. The van der Waals surface area contributed by atoms with Crippen LogP contribution in [0.1, 0.15) is 24.5 Å². The fourth-order valence-electron chi connectivity index (χ4n) is 2.77. The molecule has 1 unspecified atom stereocenters. The van der Waals surface area contributed by atoms with Crippen LogP contribution >= 0.6 is 0 Å². The minimum atomic E-state index is -1.24. The van der Waals surface area contributed by atoms with Gasteiger partial charge in [-0.05, 0) is 25.0 Å². The minimum absolute atomic E-state index is 0.0167. The molecule has 1 aliphatic rings. The number of aliphatic hydroxyl groups is 1. The van der Waals surface area contributed by atoms with E-state index in [9.17, 15) is 18.7 Å². The van der Waals surface area contributed by atoms with Gasteiger partial charge in [0.25, 0.3) is 0 Å². The maximum Gasteiger partial charge on any atom is 0.319 e. The fourth-order valence-corrected chi connectivity index (χ4v) is 2.77. The molecule has 0 spiro atoms. The van der Waals surface area contributed by atoms with Gasteiger partial charge in [-0.3, -0.25) is 0 Å². The molecule has 1 aliphatic heterocycles. The first-order valence-corrected chi connectivity index (χ1v) is 7.71. The van der Waals surface area contributed by atoms with Crippen molar-refractivity contribution in [3.63, 3.8) is 0 Å². The van der Waals surface area contributed by atoms with E-state index in [1.54, 1.807) is 23.9 Å². The zero-order valence-electron chi connectivity index (χ0n) is 13.4. The van der Waals surface area contributed by atoms with Crippen molar-refractivity contribution >= 4 is 6.03 Å². The third kappa shape index (κ3) is 4.39. The van der Waals surface area contributed by atoms with Crippen LogP contribution in [0.2, 0.25) is 0 Å². The Hall–Kier alpha value is -1.73. The second-order valence-corrected chi connectivity index (χ2v) is 6.00. The van der Waals surface area contributed by atoms with E-state index < -0.39 is 17.7 Å². The molecule has 2 rings (SSSR count). The molecule has 0 bridgehead atoms. The van der Waals surface area contributed by atoms with Crippen molar-refractivity contribution in [3.05, 3.63) is 35.4 Å². The summed E-state index contributed by atoms with van der Waals surface area (Å²) < 4.78 is 27.2. The highest BCUT2D eigenvalue weighted by Crippen LogP contribution is 2.20. The standard InChI is InChI=1S/C16H23F2N3O2/c1-20(2)16(23)21-8-6-11(7-9-21)19-10-14(22)15-12(17)4-3-5-13(15)18/h3-5,11,14,19,22H,6-10H2,1-2H3. The maximum atomic E-state index is 13.6. The second-order valence-electron chi connectivity index (χ2n) is 6.00. The van der Waals surface area contributed by atoms with Crippen LogP contribution in [0.15, 0.2) is 18.2 Å². The summed E-state index contributed by atoms with van der Waals surface area (Å²) in [6.45, 7) is 1.32. The number of carbonyl (C=O) groups is 1. The molecule has 0 saturated carbocycles. The molecule has 128 valence electrons.